The minimum atomic E-state index is -0.592. The molecule has 7 rings (SSSR count). The topological polar surface area (TPSA) is 70.8 Å². The van der Waals surface area contributed by atoms with Crippen molar-refractivity contribution >= 4 is 5.97 Å². The zero-order chi connectivity index (χ0) is 28.6. The van der Waals surface area contributed by atoms with Crippen LogP contribution in [0.15, 0.2) is 30.3 Å². The zero-order valence-corrected chi connectivity index (χ0v) is 25.9. The van der Waals surface area contributed by atoms with Gasteiger partial charge in [-0.1, -0.05) is 58.0 Å². The number of benzene rings is 1. The molecule has 1 aromatic rings. The average molecular weight is 564 g/mol. The molecule has 0 amide bonds. The molecule has 0 radical (unpaired) electrons. The second-order valence-electron chi connectivity index (χ2n) is 15.8. The highest BCUT2D eigenvalue weighted by Crippen LogP contribution is 2.71. The standard InChI is InChI=1S/C36H53NO4/c1-22-12-17-36(39-21-22)23(2)32-31(41-36)20-29-27-11-10-25-19-26(13-15-34(25,3)28(27)14-16-35(29,32)4)40-33(38)30(37)18-24-8-6-5-7-9-24/h5-9,22-23,25-32H,10-21,37H2,1-4H3/t22-,23+,25?,26+,27?,28?,29?,30?,31?,32?,34+,35+,36-/m1/s1. The van der Waals surface area contributed by atoms with Gasteiger partial charge in [-0.15, -0.1) is 0 Å². The van der Waals surface area contributed by atoms with Crippen molar-refractivity contribution < 1.29 is 19.0 Å². The molecule has 4 saturated carbocycles. The van der Waals surface area contributed by atoms with E-state index in [-0.39, 0.29) is 17.9 Å². The number of carbonyl (C=O) groups excluding carboxylic acids is 1. The summed E-state index contributed by atoms with van der Waals surface area (Å²) in [5, 5.41) is 0. The van der Waals surface area contributed by atoms with Crippen molar-refractivity contribution in [2.75, 3.05) is 6.61 Å². The SMILES string of the molecule is C[C@@H]1CC[C@@]2(OC1)OC1CC3C4CCC5C[C@@H](OC(=O)C(N)Cc6ccccc6)CC[C@]5(C)C4CC[C@]3(C)C1[C@@H]2C. The molecule has 7 unspecified atom stereocenters. The van der Waals surface area contributed by atoms with Gasteiger partial charge in [0.05, 0.1) is 12.7 Å². The molecule has 2 aliphatic heterocycles. The smallest absolute Gasteiger partial charge is 0.323 e. The molecule has 13 atom stereocenters. The molecule has 6 aliphatic rings. The lowest BCUT2D eigenvalue weighted by atomic mass is 9.44. The van der Waals surface area contributed by atoms with E-state index in [0.29, 0.717) is 47.0 Å². The summed E-state index contributed by atoms with van der Waals surface area (Å²) in [6.45, 7) is 10.8. The molecule has 1 spiro atoms. The molecule has 0 aromatic heterocycles. The molecule has 2 N–H and O–H groups in total. The van der Waals surface area contributed by atoms with Crippen LogP contribution >= 0.6 is 0 Å². The van der Waals surface area contributed by atoms with E-state index in [9.17, 15) is 4.79 Å². The Kier molecular flexibility index (Phi) is 7.15. The van der Waals surface area contributed by atoms with Crippen LogP contribution in [0.5, 0.6) is 0 Å². The Morgan fingerprint density at radius 3 is 2.51 bits per heavy atom. The predicted molar refractivity (Wildman–Crippen MR) is 160 cm³/mol. The molecule has 4 aliphatic carbocycles. The van der Waals surface area contributed by atoms with E-state index >= 15 is 0 Å². The van der Waals surface area contributed by atoms with E-state index in [0.717, 1.165) is 49.2 Å². The van der Waals surface area contributed by atoms with Crippen molar-refractivity contribution in [2.45, 2.75) is 122 Å². The Balaban J connectivity index is 1.00. The van der Waals surface area contributed by atoms with Gasteiger partial charge in [-0.25, -0.2) is 0 Å². The lowest BCUT2D eigenvalue weighted by Crippen LogP contribution is -2.55. The van der Waals surface area contributed by atoms with E-state index in [4.69, 9.17) is 19.9 Å². The molecule has 1 aromatic carbocycles. The fraction of sp³-hybridized carbons (Fsp3) is 0.806. The maximum Gasteiger partial charge on any atom is 0.323 e. The summed E-state index contributed by atoms with van der Waals surface area (Å²) < 4.78 is 19.6. The lowest BCUT2D eigenvalue weighted by molar-refractivity contribution is -0.273. The van der Waals surface area contributed by atoms with Gasteiger partial charge in [-0.05, 0) is 116 Å². The summed E-state index contributed by atoms with van der Waals surface area (Å²) in [7, 11) is 0. The van der Waals surface area contributed by atoms with Gasteiger partial charge in [0.25, 0.3) is 0 Å². The summed E-state index contributed by atoms with van der Waals surface area (Å²) >= 11 is 0. The number of fused-ring (bicyclic) bond motifs is 7. The van der Waals surface area contributed by atoms with Crippen LogP contribution in [0.4, 0.5) is 0 Å². The van der Waals surface area contributed by atoms with E-state index in [2.05, 4.69) is 27.7 Å². The van der Waals surface area contributed by atoms with Crippen LogP contribution < -0.4 is 5.73 Å². The number of ether oxygens (including phenoxy) is 3. The van der Waals surface area contributed by atoms with Gasteiger partial charge in [-0.2, -0.15) is 0 Å². The van der Waals surface area contributed by atoms with Crippen LogP contribution in [0.25, 0.3) is 0 Å². The molecule has 5 nitrogen and oxygen atoms in total. The number of nitrogens with two attached hydrogens (primary N) is 1. The third kappa shape index (κ3) is 4.54. The monoisotopic (exact) mass is 563 g/mol. The molecule has 2 saturated heterocycles. The third-order valence-electron chi connectivity index (χ3n) is 13.8. The van der Waals surface area contributed by atoms with Crippen LogP contribution in [-0.2, 0) is 25.4 Å². The van der Waals surface area contributed by atoms with E-state index in [1.807, 2.05) is 30.3 Å². The van der Waals surface area contributed by atoms with E-state index < -0.39 is 6.04 Å². The Bertz CT molecular complexity index is 1120. The van der Waals surface area contributed by atoms with Crippen molar-refractivity contribution in [3.05, 3.63) is 35.9 Å². The normalized spacial score (nSPS) is 49.4. The van der Waals surface area contributed by atoms with Gasteiger partial charge in [-0.3, -0.25) is 4.79 Å². The van der Waals surface area contributed by atoms with Crippen molar-refractivity contribution in [2.24, 2.45) is 58.0 Å². The molecular weight excluding hydrogens is 510 g/mol. The van der Waals surface area contributed by atoms with Gasteiger partial charge in [0.2, 0.25) is 0 Å². The molecule has 6 fully saturated rings. The minimum absolute atomic E-state index is 0.0160. The summed E-state index contributed by atoms with van der Waals surface area (Å²) in [5.41, 5.74) is 8.09. The molecule has 5 heteroatoms. The fourth-order valence-electron chi connectivity index (χ4n) is 11.5. The number of hydrogen-bond donors (Lipinski definition) is 1. The highest BCUT2D eigenvalue weighted by atomic mass is 16.7. The Morgan fingerprint density at radius 2 is 1.76 bits per heavy atom. The summed E-state index contributed by atoms with van der Waals surface area (Å²) in [6.07, 6.45) is 12.9. The van der Waals surface area contributed by atoms with E-state index in [1.54, 1.807) is 0 Å². The van der Waals surface area contributed by atoms with Gasteiger partial charge >= 0.3 is 5.97 Å². The molecule has 226 valence electrons. The molecular formula is C36H53NO4. The Morgan fingerprint density at radius 1 is 0.976 bits per heavy atom. The first kappa shape index (κ1) is 28.3. The molecule has 2 heterocycles. The second kappa shape index (κ2) is 10.3. The fourth-order valence-corrected chi connectivity index (χ4v) is 11.5. The van der Waals surface area contributed by atoms with Crippen molar-refractivity contribution in [3.63, 3.8) is 0 Å². The summed E-state index contributed by atoms with van der Waals surface area (Å²) in [4.78, 5) is 12.9. The van der Waals surface area contributed by atoms with Crippen molar-refractivity contribution in [1.82, 2.24) is 0 Å². The summed E-state index contributed by atoms with van der Waals surface area (Å²) in [5.74, 6) is 4.20. The highest BCUT2D eigenvalue weighted by molar-refractivity contribution is 5.76. The largest absolute Gasteiger partial charge is 0.461 e. The van der Waals surface area contributed by atoms with Crippen LogP contribution in [0.3, 0.4) is 0 Å². The summed E-state index contributed by atoms with van der Waals surface area (Å²) in [6, 6.07) is 9.44. The van der Waals surface area contributed by atoms with Crippen LogP contribution in [-0.4, -0.2) is 36.6 Å². The first-order chi connectivity index (χ1) is 19.6. The lowest BCUT2D eigenvalue weighted by Gasteiger charge is -2.61. The zero-order valence-electron chi connectivity index (χ0n) is 25.9. The van der Waals surface area contributed by atoms with Crippen LogP contribution in [0, 0.1) is 52.3 Å². The maximum atomic E-state index is 12.9. The second-order valence-corrected chi connectivity index (χ2v) is 15.8. The Labute approximate surface area is 247 Å². The number of hydrogen-bond acceptors (Lipinski definition) is 5. The molecule has 41 heavy (non-hydrogen) atoms. The number of rotatable bonds is 4. The maximum absolute atomic E-state index is 12.9. The third-order valence-corrected chi connectivity index (χ3v) is 13.8. The highest BCUT2D eigenvalue weighted by Gasteiger charge is 2.69. The first-order valence-corrected chi connectivity index (χ1v) is 16.9. The van der Waals surface area contributed by atoms with Gasteiger partial charge in [0.1, 0.15) is 12.1 Å². The average Bonchev–Trinajstić information content (AvgIpc) is 3.40. The van der Waals surface area contributed by atoms with Crippen molar-refractivity contribution in [3.8, 4) is 0 Å². The Hall–Kier alpha value is -1.43. The van der Waals surface area contributed by atoms with E-state index in [1.165, 1.54) is 44.9 Å². The van der Waals surface area contributed by atoms with Crippen LogP contribution in [0.2, 0.25) is 0 Å². The molecule has 0 bridgehead atoms. The van der Waals surface area contributed by atoms with Gasteiger partial charge < -0.3 is 19.9 Å². The quantitative estimate of drug-likeness (QED) is 0.403. The predicted octanol–water partition coefficient (Wildman–Crippen LogP) is 6.91. The first-order valence-electron chi connectivity index (χ1n) is 16.9. The van der Waals surface area contributed by atoms with Crippen LogP contribution in [0.1, 0.15) is 97.5 Å². The van der Waals surface area contributed by atoms with Gasteiger partial charge in [0.15, 0.2) is 5.79 Å². The number of esters is 1. The van der Waals surface area contributed by atoms with Crippen molar-refractivity contribution in [1.29, 1.82) is 0 Å². The minimum Gasteiger partial charge on any atom is -0.461 e. The number of carbonyl (C=O) groups is 1. The van der Waals surface area contributed by atoms with Gasteiger partial charge in [0, 0.05) is 12.3 Å².